The van der Waals surface area contributed by atoms with Gasteiger partial charge < -0.3 is 10.4 Å². The molecule has 1 aliphatic heterocycles. The molecule has 0 aromatic heterocycles. The van der Waals surface area contributed by atoms with Gasteiger partial charge in [0.15, 0.2) is 0 Å². The largest absolute Gasteiger partial charge is 0.396 e. The SMILES string of the molecule is Cc1ccc2c(c1)C(CO)CNC2. The predicted molar refractivity (Wildman–Crippen MR) is 52.7 cm³/mol. The number of aliphatic hydroxyl groups is 1. The van der Waals surface area contributed by atoms with Gasteiger partial charge in [0.1, 0.15) is 0 Å². The molecular formula is C11H15NO. The highest BCUT2D eigenvalue weighted by atomic mass is 16.3. The van der Waals surface area contributed by atoms with Gasteiger partial charge >= 0.3 is 0 Å². The molecule has 1 unspecified atom stereocenters. The van der Waals surface area contributed by atoms with E-state index in [2.05, 4.69) is 30.4 Å². The number of nitrogens with one attached hydrogen (secondary N) is 1. The number of fused-ring (bicyclic) bond motifs is 1. The van der Waals surface area contributed by atoms with Gasteiger partial charge in [0, 0.05) is 19.0 Å². The molecule has 0 spiro atoms. The van der Waals surface area contributed by atoms with Crippen molar-refractivity contribution >= 4 is 0 Å². The Labute approximate surface area is 78.6 Å². The minimum absolute atomic E-state index is 0.240. The number of rotatable bonds is 1. The zero-order chi connectivity index (χ0) is 9.26. The minimum atomic E-state index is 0.240. The molecule has 0 saturated heterocycles. The summed E-state index contributed by atoms with van der Waals surface area (Å²) in [5.74, 6) is 0.281. The van der Waals surface area contributed by atoms with Crippen LogP contribution in [0.5, 0.6) is 0 Å². The highest BCUT2D eigenvalue weighted by molar-refractivity contribution is 5.36. The Morgan fingerprint density at radius 1 is 1.54 bits per heavy atom. The second kappa shape index (κ2) is 3.48. The maximum absolute atomic E-state index is 9.19. The Bertz CT molecular complexity index is 309. The molecule has 1 heterocycles. The molecule has 2 nitrogen and oxygen atoms in total. The predicted octanol–water partition coefficient (Wildman–Crippen LogP) is 1.17. The summed E-state index contributed by atoms with van der Waals surface area (Å²) in [6.45, 7) is 4.17. The molecule has 0 fully saturated rings. The van der Waals surface area contributed by atoms with Crippen LogP contribution in [0, 0.1) is 6.92 Å². The van der Waals surface area contributed by atoms with E-state index in [-0.39, 0.29) is 12.5 Å². The summed E-state index contributed by atoms with van der Waals surface area (Å²) >= 11 is 0. The standard InChI is InChI=1S/C11H15NO/c1-8-2-3-9-5-12-6-10(7-13)11(9)4-8/h2-4,10,12-13H,5-7H2,1H3. The lowest BCUT2D eigenvalue weighted by Gasteiger charge is -2.25. The molecule has 13 heavy (non-hydrogen) atoms. The van der Waals surface area contributed by atoms with E-state index in [0.717, 1.165) is 13.1 Å². The Morgan fingerprint density at radius 3 is 3.15 bits per heavy atom. The zero-order valence-electron chi connectivity index (χ0n) is 7.88. The van der Waals surface area contributed by atoms with Gasteiger partial charge in [0.2, 0.25) is 0 Å². The maximum Gasteiger partial charge on any atom is 0.0512 e. The average molecular weight is 177 g/mol. The van der Waals surface area contributed by atoms with Gasteiger partial charge in [-0.05, 0) is 18.1 Å². The summed E-state index contributed by atoms with van der Waals surface area (Å²) in [7, 11) is 0. The molecule has 0 saturated carbocycles. The van der Waals surface area contributed by atoms with Crippen LogP contribution in [-0.4, -0.2) is 18.3 Å². The first kappa shape index (κ1) is 8.73. The fourth-order valence-corrected chi connectivity index (χ4v) is 1.91. The van der Waals surface area contributed by atoms with Crippen LogP contribution in [-0.2, 0) is 6.54 Å². The molecular weight excluding hydrogens is 162 g/mol. The summed E-state index contributed by atoms with van der Waals surface area (Å²) in [5, 5.41) is 12.5. The fraction of sp³-hybridized carbons (Fsp3) is 0.455. The third kappa shape index (κ3) is 1.60. The highest BCUT2D eigenvalue weighted by Crippen LogP contribution is 2.24. The van der Waals surface area contributed by atoms with Crippen molar-refractivity contribution in [3.8, 4) is 0 Å². The molecule has 2 N–H and O–H groups in total. The lowest BCUT2D eigenvalue weighted by Crippen LogP contribution is -2.30. The quantitative estimate of drug-likeness (QED) is 0.675. The van der Waals surface area contributed by atoms with Gasteiger partial charge in [-0.2, -0.15) is 0 Å². The van der Waals surface area contributed by atoms with Crippen molar-refractivity contribution in [2.45, 2.75) is 19.4 Å². The van der Waals surface area contributed by atoms with Gasteiger partial charge in [-0.3, -0.25) is 0 Å². The minimum Gasteiger partial charge on any atom is -0.396 e. The first-order chi connectivity index (χ1) is 6.31. The lowest BCUT2D eigenvalue weighted by molar-refractivity contribution is 0.256. The van der Waals surface area contributed by atoms with Crippen LogP contribution in [0.25, 0.3) is 0 Å². The molecule has 1 aromatic carbocycles. The van der Waals surface area contributed by atoms with Crippen LogP contribution in [0.15, 0.2) is 18.2 Å². The molecule has 0 amide bonds. The maximum atomic E-state index is 9.19. The summed E-state index contributed by atoms with van der Waals surface area (Å²) in [6, 6.07) is 6.47. The fourth-order valence-electron chi connectivity index (χ4n) is 1.91. The van der Waals surface area contributed by atoms with Crippen molar-refractivity contribution in [1.29, 1.82) is 0 Å². The molecule has 1 aliphatic rings. The summed E-state index contributed by atoms with van der Waals surface area (Å²) < 4.78 is 0. The monoisotopic (exact) mass is 177 g/mol. The summed E-state index contributed by atoms with van der Waals surface area (Å²) in [4.78, 5) is 0. The molecule has 1 aromatic rings. The first-order valence-corrected chi connectivity index (χ1v) is 4.72. The van der Waals surface area contributed by atoms with E-state index in [1.165, 1.54) is 16.7 Å². The van der Waals surface area contributed by atoms with Crippen molar-refractivity contribution in [3.05, 3.63) is 34.9 Å². The normalized spacial score (nSPS) is 21.2. The van der Waals surface area contributed by atoms with E-state index >= 15 is 0 Å². The number of hydrogen-bond donors (Lipinski definition) is 2. The molecule has 70 valence electrons. The smallest absolute Gasteiger partial charge is 0.0512 e. The zero-order valence-corrected chi connectivity index (χ0v) is 7.88. The van der Waals surface area contributed by atoms with Crippen molar-refractivity contribution in [3.63, 3.8) is 0 Å². The van der Waals surface area contributed by atoms with E-state index in [1.54, 1.807) is 0 Å². The average Bonchev–Trinajstić information content (AvgIpc) is 2.17. The van der Waals surface area contributed by atoms with E-state index in [1.807, 2.05) is 0 Å². The first-order valence-electron chi connectivity index (χ1n) is 4.72. The number of aliphatic hydroxyl groups excluding tert-OH is 1. The second-order valence-electron chi connectivity index (χ2n) is 3.71. The van der Waals surface area contributed by atoms with Gasteiger partial charge in [0.05, 0.1) is 6.61 Å². The van der Waals surface area contributed by atoms with Gasteiger partial charge in [-0.1, -0.05) is 23.8 Å². The molecule has 1 atom stereocenters. The Morgan fingerprint density at radius 2 is 2.38 bits per heavy atom. The second-order valence-corrected chi connectivity index (χ2v) is 3.71. The van der Waals surface area contributed by atoms with Crippen LogP contribution >= 0.6 is 0 Å². The van der Waals surface area contributed by atoms with E-state index in [4.69, 9.17) is 0 Å². The summed E-state index contributed by atoms with van der Waals surface area (Å²) in [6.07, 6.45) is 0. The van der Waals surface area contributed by atoms with Gasteiger partial charge in [-0.25, -0.2) is 0 Å². The molecule has 2 rings (SSSR count). The highest BCUT2D eigenvalue weighted by Gasteiger charge is 2.18. The van der Waals surface area contributed by atoms with Crippen LogP contribution in [0.4, 0.5) is 0 Å². The number of aryl methyl sites for hydroxylation is 1. The van der Waals surface area contributed by atoms with Crippen molar-refractivity contribution in [2.24, 2.45) is 0 Å². The van der Waals surface area contributed by atoms with Crippen LogP contribution in [0.3, 0.4) is 0 Å². The summed E-state index contributed by atoms with van der Waals surface area (Å²) in [5.41, 5.74) is 3.93. The Hall–Kier alpha value is -0.860. The molecule has 2 heteroatoms. The molecule has 0 aliphatic carbocycles. The van der Waals surface area contributed by atoms with Crippen molar-refractivity contribution in [1.82, 2.24) is 5.32 Å². The topological polar surface area (TPSA) is 32.3 Å². The van der Waals surface area contributed by atoms with E-state index in [0.29, 0.717) is 0 Å². The van der Waals surface area contributed by atoms with E-state index < -0.39 is 0 Å². The van der Waals surface area contributed by atoms with E-state index in [9.17, 15) is 5.11 Å². The molecule has 0 radical (unpaired) electrons. The number of hydrogen-bond acceptors (Lipinski definition) is 2. The third-order valence-corrected chi connectivity index (χ3v) is 2.67. The Balaban J connectivity index is 2.41. The van der Waals surface area contributed by atoms with Crippen molar-refractivity contribution in [2.75, 3.05) is 13.2 Å². The third-order valence-electron chi connectivity index (χ3n) is 2.67. The van der Waals surface area contributed by atoms with Gasteiger partial charge in [-0.15, -0.1) is 0 Å². The van der Waals surface area contributed by atoms with Gasteiger partial charge in [0.25, 0.3) is 0 Å². The lowest BCUT2D eigenvalue weighted by atomic mass is 9.90. The molecule has 0 bridgehead atoms. The van der Waals surface area contributed by atoms with Crippen LogP contribution < -0.4 is 5.32 Å². The van der Waals surface area contributed by atoms with Crippen LogP contribution in [0.1, 0.15) is 22.6 Å². The van der Waals surface area contributed by atoms with Crippen molar-refractivity contribution < 1.29 is 5.11 Å². The number of benzene rings is 1. The van der Waals surface area contributed by atoms with Crippen LogP contribution in [0.2, 0.25) is 0 Å². The Kier molecular flexibility index (Phi) is 2.34.